The van der Waals surface area contributed by atoms with Crippen LogP contribution in [0.3, 0.4) is 0 Å². The molecule has 1 aliphatic rings. The number of methoxy groups -OCH3 is 1. The Bertz CT molecular complexity index is 636. The van der Waals surface area contributed by atoms with Gasteiger partial charge in [0.2, 0.25) is 0 Å². The summed E-state index contributed by atoms with van der Waals surface area (Å²) in [6.45, 7) is 1.52. The Morgan fingerprint density at radius 1 is 1.27 bits per heavy atom. The van der Waals surface area contributed by atoms with Gasteiger partial charge in [-0.3, -0.25) is 0 Å². The summed E-state index contributed by atoms with van der Waals surface area (Å²) in [5.41, 5.74) is 2.38. The second-order valence-corrected chi connectivity index (χ2v) is 5.98. The van der Waals surface area contributed by atoms with Crippen LogP contribution in [0, 0.1) is 0 Å². The largest absolute Gasteiger partial charge is 0.496 e. The van der Waals surface area contributed by atoms with E-state index in [1.165, 1.54) is 5.56 Å². The van der Waals surface area contributed by atoms with E-state index in [1.54, 1.807) is 7.11 Å². The number of hydrogen-bond donors (Lipinski definition) is 1. The summed E-state index contributed by atoms with van der Waals surface area (Å²) in [6.07, 6.45) is 0.979. The van der Waals surface area contributed by atoms with Gasteiger partial charge in [0.1, 0.15) is 11.5 Å². The molecule has 118 valence electrons. The molecule has 0 aliphatic carbocycles. The van der Waals surface area contributed by atoms with Gasteiger partial charge in [-0.05, 0) is 24.3 Å². The fourth-order valence-corrected chi connectivity index (χ4v) is 3.08. The third kappa shape index (κ3) is 3.75. The van der Waals surface area contributed by atoms with Crippen molar-refractivity contribution in [2.75, 3.05) is 13.7 Å². The first-order valence-corrected chi connectivity index (χ1v) is 7.85. The van der Waals surface area contributed by atoms with Gasteiger partial charge in [-0.15, -0.1) is 12.4 Å². The van der Waals surface area contributed by atoms with Gasteiger partial charge in [0.05, 0.1) is 13.7 Å². The average molecular weight is 385 g/mol. The Balaban J connectivity index is 0.00000176. The van der Waals surface area contributed by atoms with Crippen molar-refractivity contribution >= 4 is 28.3 Å². The maximum atomic E-state index is 5.70. The van der Waals surface area contributed by atoms with E-state index in [4.69, 9.17) is 9.47 Å². The third-order valence-electron chi connectivity index (χ3n) is 3.74. The second kappa shape index (κ2) is 7.86. The minimum absolute atomic E-state index is 0. The van der Waals surface area contributed by atoms with E-state index < -0.39 is 0 Å². The lowest BCUT2D eigenvalue weighted by molar-refractivity contribution is 0.252. The summed E-state index contributed by atoms with van der Waals surface area (Å²) in [6, 6.07) is 14.6. The molecule has 5 heteroatoms. The zero-order chi connectivity index (χ0) is 14.7. The summed E-state index contributed by atoms with van der Waals surface area (Å²) in [5, 5.41) is 3.62. The number of halogens is 2. The SMILES string of the molecule is COc1ccc(Br)cc1CNC1CCOc2ccccc21.Cl. The predicted molar refractivity (Wildman–Crippen MR) is 94.1 cm³/mol. The van der Waals surface area contributed by atoms with Crippen LogP contribution in [-0.4, -0.2) is 13.7 Å². The average Bonchev–Trinajstić information content (AvgIpc) is 2.53. The smallest absolute Gasteiger partial charge is 0.124 e. The lowest BCUT2D eigenvalue weighted by Crippen LogP contribution is -2.26. The Morgan fingerprint density at radius 2 is 2.09 bits per heavy atom. The Kier molecular flexibility index (Phi) is 6.12. The van der Waals surface area contributed by atoms with Crippen molar-refractivity contribution in [1.82, 2.24) is 5.32 Å². The van der Waals surface area contributed by atoms with Crippen molar-refractivity contribution in [3.63, 3.8) is 0 Å². The Labute approximate surface area is 145 Å². The van der Waals surface area contributed by atoms with Crippen LogP contribution in [0.5, 0.6) is 11.5 Å². The molecule has 1 unspecified atom stereocenters. The van der Waals surface area contributed by atoms with Crippen molar-refractivity contribution in [1.29, 1.82) is 0 Å². The minimum Gasteiger partial charge on any atom is -0.496 e. The highest BCUT2D eigenvalue weighted by Crippen LogP contribution is 2.32. The van der Waals surface area contributed by atoms with Crippen molar-refractivity contribution in [3.05, 3.63) is 58.1 Å². The van der Waals surface area contributed by atoms with Gasteiger partial charge >= 0.3 is 0 Å². The number of para-hydroxylation sites is 1. The van der Waals surface area contributed by atoms with Crippen molar-refractivity contribution in [3.8, 4) is 11.5 Å². The molecule has 3 nitrogen and oxygen atoms in total. The van der Waals surface area contributed by atoms with E-state index in [2.05, 4.69) is 39.4 Å². The zero-order valence-electron chi connectivity index (χ0n) is 12.3. The van der Waals surface area contributed by atoms with Gasteiger partial charge in [-0.25, -0.2) is 0 Å². The fraction of sp³-hybridized carbons (Fsp3) is 0.294. The molecule has 1 N–H and O–H groups in total. The molecule has 22 heavy (non-hydrogen) atoms. The molecule has 3 rings (SSSR count). The molecule has 0 spiro atoms. The maximum Gasteiger partial charge on any atom is 0.124 e. The topological polar surface area (TPSA) is 30.5 Å². The molecule has 0 radical (unpaired) electrons. The quantitative estimate of drug-likeness (QED) is 0.842. The third-order valence-corrected chi connectivity index (χ3v) is 4.23. The number of nitrogens with one attached hydrogen (secondary N) is 1. The Hall–Kier alpha value is -1.23. The van der Waals surface area contributed by atoms with Crippen molar-refractivity contribution in [2.45, 2.75) is 19.0 Å². The van der Waals surface area contributed by atoms with Crippen molar-refractivity contribution < 1.29 is 9.47 Å². The fourth-order valence-electron chi connectivity index (χ4n) is 2.67. The summed E-state index contributed by atoms with van der Waals surface area (Å²) in [4.78, 5) is 0. The summed E-state index contributed by atoms with van der Waals surface area (Å²) < 4.78 is 12.2. The first-order chi connectivity index (χ1) is 10.3. The molecule has 0 fully saturated rings. The molecule has 1 heterocycles. The molecule has 0 saturated heterocycles. The zero-order valence-corrected chi connectivity index (χ0v) is 14.7. The molecule has 1 atom stereocenters. The molecule has 2 aromatic rings. The van der Waals surface area contributed by atoms with Crippen LogP contribution in [0.2, 0.25) is 0 Å². The first kappa shape index (κ1) is 17.1. The predicted octanol–water partition coefficient (Wildman–Crippen LogP) is 4.49. The van der Waals surface area contributed by atoms with Crippen LogP contribution >= 0.6 is 28.3 Å². The molecular formula is C17H19BrClNO2. The van der Waals surface area contributed by atoms with E-state index in [1.807, 2.05) is 24.3 Å². The van der Waals surface area contributed by atoms with Crippen LogP contribution in [0.25, 0.3) is 0 Å². The highest BCUT2D eigenvalue weighted by molar-refractivity contribution is 9.10. The molecular weight excluding hydrogens is 366 g/mol. The lowest BCUT2D eigenvalue weighted by atomic mass is 10.0. The van der Waals surface area contributed by atoms with E-state index in [0.29, 0.717) is 6.04 Å². The standard InChI is InChI=1S/C17H18BrNO2.ClH/c1-20-16-7-6-13(18)10-12(16)11-19-15-8-9-21-17-5-3-2-4-14(15)17;/h2-7,10,15,19H,8-9,11H2,1H3;1H. The minimum atomic E-state index is 0. The van der Waals surface area contributed by atoms with Crippen LogP contribution in [-0.2, 0) is 6.54 Å². The van der Waals surface area contributed by atoms with Gasteiger partial charge in [0, 0.05) is 34.6 Å². The molecule has 2 aromatic carbocycles. The van der Waals surface area contributed by atoms with E-state index >= 15 is 0 Å². The number of hydrogen-bond acceptors (Lipinski definition) is 3. The van der Waals surface area contributed by atoms with Crippen LogP contribution in [0.15, 0.2) is 46.9 Å². The first-order valence-electron chi connectivity index (χ1n) is 7.05. The maximum absolute atomic E-state index is 5.70. The Morgan fingerprint density at radius 3 is 2.91 bits per heavy atom. The normalized spacial score (nSPS) is 16.2. The van der Waals surface area contributed by atoms with Crippen LogP contribution in [0.4, 0.5) is 0 Å². The molecule has 0 saturated carbocycles. The van der Waals surface area contributed by atoms with Gasteiger partial charge < -0.3 is 14.8 Å². The number of ether oxygens (including phenoxy) is 2. The van der Waals surface area contributed by atoms with E-state index in [0.717, 1.165) is 41.1 Å². The van der Waals surface area contributed by atoms with Crippen LogP contribution in [0.1, 0.15) is 23.6 Å². The van der Waals surface area contributed by atoms with E-state index in [9.17, 15) is 0 Å². The highest BCUT2D eigenvalue weighted by Gasteiger charge is 2.20. The van der Waals surface area contributed by atoms with E-state index in [-0.39, 0.29) is 12.4 Å². The lowest BCUT2D eigenvalue weighted by Gasteiger charge is -2.27. The highest BCUT2D eigenvalue weighted by atomic mass is 79.9. The molecule has 0 bridgehead atoms. The number of fused-ring (bicyclic) bond motifs is 1. The second-order valence-electron chi connectivity index (χ2n) is 5.06. The van der Waals surface area contributed by atoms with Gasteiger partial charge in [-0.1, -0.05) is 34.1 Å². The summed E-state index contributed by atoms with van der Waals surface area (Å²) in [7, 11) is 1.70. The molecule has 1 aliphatic heterocycles. The number of benzene rings is 2. The van der Waals surface area contributed by atoms with Crippen molar-refractivity contribution in [2.24, 2.45) is 0 Å². The summed E-state index contributed by atoms with van der Waals surface area (Å²) >= 11 is 3.51. The van der Waals surface area contributed by atoms with Gasteiger partial charge in [0.25, 0.3) is 0 Å². The molecule has 0 aromatic heterocycles. The molecule has 0 amide bonds. The van der Waals surface area contributed by atoms with Gasteiger partial charge in [-0.2, -0.15) is 0 Å². The van der Waals surface area contributed by atoms with Crippen LogP contribution < -0.4 is 14.8 Å². The summed E-state index contributed by atoms with van der Waals surface area (Å²) in [5.74, 6) is 1.90. The number of rotatable bonds is 4. The monoisotopic (exact) mass is 383 g/mol. The van der Waals surface area contributed by atoms with Gasteiger partial charge in [0.15, 0.2) is 0 Å².